The van der Waals surface area contributed by atoms with E-state index in [-0.39, 0.29) is 13.3 Å². The summed E-state index contributed by atoms with van der Waals surface area (Å²) in [5.74, 6) is -0.941. The summed E-state index contributed by atoms with van der Waals surface area (Å²) in [7, 11) is 0. The highest BCUT2D eigenvalue weighted by atomic mass is 35.5. The van der Waals surface area contributed by atoms with Crippen molar-refractivity contribution in [3.63, 3.8) is 0 Å². The molecule has 0 aromatic rings. The van der Waals surface area contributed by atoms with Crippen LogP contribution in [0.15, 0.2) is 0 Å². The highest BCUT2D eigenvalue weighted by Gasteiger charge is 2.38. The van der Waals surface area contributed by atoms with Crippen LogP contribution in [-0.4, -0.2) is 52.3 Å². The zero-order valence-electron chi connectivity index (χ0n) is 11.0. The molecule has 0 nitrogen and oxygen atoms in total. The predicted molar refractivity (Wildman–Crippen MR) is 86.0 cm³/mol. The van der Waals surface area contributed by atoms with Gasteiger partial charge in [-0.15, -0.1) is 58.0 Å². The van der Waals surface area contributed by atoms with E-state index < -0.39 is 46.4 Å². The van der Waals surface area contributed by atoms with E-state index in [9.17, 15) is 39.5 Å². The van der Waals surface area contributed by atoms with Crippen LogP contribution in [0, 0.1) is 0 Å². The highest BCUT2D eigenvalue weighted by Crippen LogP contribution is 2.28. The van der Waals surface area contributed by atoms with Gasteiger partial charge in [-0.2, -0.15) is 35.1 Å². The van der Waals surface area contributed by atoms with Gasteiger partial charge in [0.05, 0.1) is 0 Å². The standard InChI is InChI=1S/C3H3Cl3F2.C3H3Cl2F3.C3H3ClF4.CH4/c2*4-1-2(5)3(6,7)8;4-2(1-5)3(6,7)8;/h3*2H,1H2;1H4. The normalized spacial score (nSPS) is 15.5. The molecule has 0 aliphatic carbocycles. The van der Waals surface area contributed by atoms with Crippen molar-refractivity contribution in [2.75, 3.05) is 18.4 Å². The molecule has 0 radical (unpaired) electrons. The van der Waals surface area contributed by atoms with Crippen LogP contribution >= 0.6 is 69.6 Å². The second kappa shape index (κ2) is 15.1. The van der Waals surface area contributed by atoms with Crippen LogP contribution in [0.2, 0.25) is 0 Å². The molecule has 0 aliphatic rings. The lowest BCUT2D eigenvalue weighted by Crippen LogP contribution is -2.24. The Morgan fingerprint density at radius 3 is 0.920 bits per heavy atom. The highest BCUT2D eigenvalue weighted by molar-refractivity contribution is 6.34. The Kier molecular flexibility index (Phi) is 20.3. The fourth-order valence-electron chi connectivity index (χ4n) is 0.262. The van der Waals surface area contributed by atoms with Gasteiger partial charge in [0.1, 0.15) is 17.4 Å². The van der Waals surface area contributed by atoms with Gasteiger partial charge in [0, 0.05) is 11.8 Å². The summed E-state index contributed by atoms with van der Waals surface area (Å²) >= 11 is 28.2. The number of hydrogen-bond donors (Lipinski definition) is 0. The fraction of sp³-hybridized carbons (Fsp3) is 1.00. The summed E-state index contributed by atoms with van der Waals surface area (Å²) in [6.45, 7) is -1.56. The molecule has 0 saturated carbocycles. The zero-order valence-corrected chi connectivity index (χ0v) is 15.6. The van der Waals surface area contributed by atoms with Crippen LogP contribution in [-0.2, 0) is 0 Å². The first-order valence-corrected chi connectivity index (χ1v) is 8.00. The molecule has 0 rings (SSSR count). The van der Waals surface area contributed by atoms with Crippen LogP contribution < -0.4 is 0 Å². The maximum absolute atomic E-state index is 11.7. The lowest BCUT2D eigenvalue weighted by molar-refractivity contribution is -0.133. The monoisotopic (exact) mass is 514 g/mol. The molecule has 15 heteroatoms. The largest absolute Gasteiger partial charge is 0.407 e. The maximum atomic E-state index is 11.7. The Bertz CT molecular complexity index is 257. The third kappa shape index (κ3) is 21.3. The van der Waals surface area contributed by atoms with Crippen molar-refractivity contribution < 1.29 is 39.5 Å². The molecule has 0 aliphatic heterocycles. The molecule has 0 bridgehead atoms. The van der Waals surface area contributed by atoms with Crippen LogP contribution in [0.25, 0.3) is 0 Å². The van der Waals surface area contributed by atoms with Gasteiger partial charge in [-0.1, -0.05) is 7.43 Å². The lowest BCUT2D eigenvalue weighted by atomic mass is 10.5. The fourth-order valence-corrected chi connectivity index (χ4v) is 0.787. The molecule has 3 unspecified atom stereocenters. The van der Waals surface area contributed by atoms with Crippen molar-refractivity contribution in [3.8, 4) is 0 Å². The van der Waals surface area contributed by atoms with Gasteiger partial charge >= 0.3 is 17.7 Å². The minimum atomic E-state index is -4.60. The molecule has 0 aromatic carbocycles. The Labute approximate surface area is 168 Å². The molecule has 0 fully saturated rings. The van der Waals surface area contributed by atoms with Crippen molar-refractivity contribution in [2.45, 2.75) is 41.3 Å². The van der Waals surface area contributed by atoms with Crippen molar-refractivity contribution in [3.05, 3.63) is 0 Å². The van der Waals surface area contributed by atoms with Gasteiger partial charge in [0.25, 0.3) is 0 Å². The molecule has 0 spiro atoms. The SMILES string of the molecule is C.FC(F)(Cl)C(Cl)CCl.FC(F)(F)C(Cl)CCl.FCC(Cl)C(F)(F)F. The lowest BCUT2D eigenvalue weighted by Gasteiger charge is -2.10. The molecule has 25 heavy (non-hydrogen) atoms. The van der Waals surface area contributed by atoms with Gasteiger partial charge < -0.3 is 0 Å². The number of alkyl halides is 15. The molecular formula is C10H13Cl6F9. The first kappa shape index (κ1) is 33.7. The summed E-state index contributed by atoms with van der Waals surface area (Å²) in [6.07, 6.45) is -8.96. The van der Waals surface area contributed by atoms with Gasteiger partial charge in [0.2, 0.25) is 0 Å². The average Bonchev–Trinajstić information content (AvgIpc) is 2.42. The van der Waals surface area contributed by atoms with Crippen molar-refractivity contribution in [2.24, 2.45) is 0 Å². The van der Waals surface area contributed by atoms with E-state index in [1.165, 1.54) is 0 Å². The van der Waals surface area contributed by atoms with E-state index in [1.54, 1.807) is 0 Å². The second-order valence-corrected chi connectivity index (χ2v) is 6.19. The Hall–Kier alpha value is 1.11. The first-order valence-electron chi connectivity index (χ1n) is 5.25. The van der Waals surface area contributed by atoms with E-state index in [4.69, 9.17) is 34.8 Å². The number of hydrogen-bond acceptors (Lipinski definition) is 0. The van der Waals surface area contributed by atoms with Crippen molar-refractivity contribution in [1.82, 2.24) is 0 Å². The number of halogens is 15. The van der Waals surface area contributed by atoms with Crippen LogP contribution in [0.5, 0.6) is 0 Å². The predicted octanol–water partition coefficient (Wildman–Crippen LogP) is 7.82. The first-order chi connectivity index (χ1) is 10.4. The maximum Gasteiger partial charge on any atom is 0.407 e. The zero-order chi connectivity index (χ0) is 20.4. The van der Waals surface area contributed by atoms with Crippen molar-refractivity contribution in [1.29, 1.82) is 0 Å². The second-order valence-electron chi connectivity index (χ2n) is 3.49. The number of rotatable bonds is 4. The summed E-state index contributed by atoms with van der Waals surface area (Å²) in [6, 6.07) is 0. The Morgan fingerprint density at radius 1 is 0.640 bits per heavy atom. The minimum absolute atomic E-state index is 0. The summed E-state index contributed by atoms with van der Waals surface area (Å²) in [5, 5.41) is -9.12. The summed E-state index contributed by atoms with van der Waals surface area (Å²) < 4.78 is 101. The van der Waals surface area contributed by atoms with Gasteiger partial charge in [-0.05, 0) is 11.6 Å². The summed E-state index contributed by atoms with van der Waals surface area (Å²) in [4.78, 5) is 0. The van der Waals surface area contributed by atoms with E-state index in [1.807, 2.05) is 0 Å². The molecule has 0 N–H and O–H groups in total. The molecule has 0 amide bonds. The van der Waals surface area contributed by atoms with Gasteiger partial charge in [-0.3, -0.25) is 0 Å². The average molecular weight is 517 g/mol. The van der Waals surface area contributed by atoms with Gasteiger partial charge in [-0.25, -0.2) is 4.39 Å². The van der Waals surface area contributed by atoms with Crippen LogP contribution in [0.1, 0.15) is 7.43 Å². The minimum Gasteiger partial charge on any atom is -0.249 e. The van der Waals surface area contributed by atoms with Gasteiger partial charge in [0.15, 0.2) is 5.38 Å². The topological polar surface area (TPSA) is 0 Å². The molecule has 0 aromatic heterocycles. The molecule has 158 valence electrons. The third-order valence-corrected chi connectivity index (χ3v) is 3.97. The van der Waals surface area contributed by atoms with E-state index in [2.05, 4.69) is 34.8 Å². The van der Waals surface area contributed by atoms with E-state index >= 15 is 0 Å². The smallest absolute Gasteiger partial charge is 0.249 e. The van der Waals surface area contributed by atoms with Crippen LogP contribution in [0.4, 0.5) is 39.5 Å². The molecule has 0 saturated heterocycles. The quantitative estimate of drug-likeness (QED) is 0.264. The van der Waals surface area contributed by atoms with E-state index in [0.717, 1.165) is 0 Å². The molecule has 0 heterocycles. The van der Waals surface area contributed by atoms with Crippen LogP contribution in [0.3, 0.4) is 0 Å². The Morgan fingerprint density at radius 2 is 0.920 bits per heavy atom. The van der Waals surface area contributed by atoms with E-state index in [0.29, 0.717) is 0 Å². The Balaban J connectivity index is -0.000000130. The summed E-state index contributed by atoms with van der Waals surface area (Å²) in [5.41, 5.74) is 0. The third-order valence-electron chi connectivity index (χ3n) is 1.47. The molecule has 3 atom stereocenters. The van der Waals surface area contributed by atoms with Crippen molar-refractivity contribution >= 4 is 69.6 Å². The molecular weight excluding hydrogens is 504 g/mol.